The number of thioether (sulfide) groups is 2. The molecule has 9 nitrogen and oxygen atoms in total. The summed E-state index contributed by atoms with van der Waals surface area (Å²) in [5.41, 5.74) is 3.65. The van der Waals surface area contributed by atoms with E-state index < -0.39 is 28.5 Å². The van der Waals surface area contributed by atoms with Crippen molar-refractivity contribution in [2.24, 2.45) is 0 Å². The zero-order valence-electron chi connectivity index (χ0n) is 33.7. The topological polar surface area (TPSA) is 105 Å². The number of hydrogen-bond donors (Lipinski definition) is 2. The van der Waals surface area contributed by atoms with Crippen LogP contribution in [0.5, 0.6) is 0 Å². The van der Waals surface area contributed by atoms with Gasteiger partial charge in [-0.3, -0.25) is 9.28 Å². The van der Waals surface area contributed by atoms with Crippen LogP contribution in [0.3, 0.4) is 0 Å². The normalized spacial score (nSPS) is 15.0. The number of hydrogen-bond acceptors (Lipinski definition) is 7. The lowest BCUT2D eigenvalue weighted by Gasteiger charge is -2.40. The number of benzene rings is 4. The largest absolute Gasteiger partial charge is 0.480 e. The van der Waals surface area contributed by atoms with E-state index in [0.29, 0.717) is 29.0 Å². The van der Waals surface area contributed by atoms with Gasteiger partial charge >= 0.3 is 12.1 Å². The van der Waals surface area contributed by atoms with E-state index in [1.165, 1.54) is 11.8 Å². The van der Waals surface area contributed by atoms with Crippen LogP contribution in [0.25, 0.3) is 0 Å². The van der Waals surface area contributed by atoms with Crippen LogP contribution in [0.4, 0.5) is 4.79 Å². The van der Waals surface area contributed by atoms with Gasteiger partial charge in [0.1, 0.15) is 12.1 Å². The second-order valence-electron chi connectivity index (χ2n) is 15.7. The van der Waals surface area contributed by atoms with Gasteiger partial charge < -0.3 is 15.2 Å². The molecule has 0 radical (unpaired) electrons. The minimum Gasteiger partial charge on any atom is -0.480 e. The molecule has 1 aliphatic rings. The Hall–Kier alpha value is -4.29. The standard InChI is InChI=1S/C46H57N3O6S2/c1-45(2,3)55-44(53)47-40(34-57-46(37-21-11-6-12-22-37,38-23-13-7-14-24-38)39-25-15-8-16-26-39)33-49(30-17-18-31-49)35-54-48(41(43(51)52)29-32-56-4)42(50)28-27-36-19-9-5-10-20-36/h5-16,19-26,40-41H,17-18,27-35H2,1-4H3,(H-,47,51,52,53)/p+1/t40-,41-/m0/s1. The number of carbonyl (C=O) groups is 3. The number of amides is 2. The van der Waals surface area contributed by atoms with Crippen LogP contribution in [-0.4, -0.2) is 94.4 Å². The molecule has 2 N–H and O–H groups in total. The summed E-state index contributed by atoms with van der Waals surface area (Å²) >= 11 is 3.30. The van der Waals surface area contributed by atoms with Crippen LogP contribution < -0.4 is 5.32 Å². The number of nitrogens with zero attached hydrogens (tertiary/aromatic N) is 2. The summed E-state index contributed by atoms with van der Waals surface area (Å²) in [6, 6.07) is 39.6. The average Bonchev–Trinajstić information content (AvgIpc) is 3.67. The number of nitrogens with one attached hydrogen (secondary N) is 1. The molecule has 1 heterocycles. The number of likely N-dealkylation sites (tertiary alicyclic amines) is 1. The smallest absolute Gasteiger partial charge is 0.408 e. The van der Waals surface area contributed by atoms with E-state index in [2.05, 4.69) is 78.1 Å². The van der Waals surface area contributed by atoms with Crippen LogP contribution in [0.15, 0.2) is 121 Å². The predicted molar refractivity (Wildman–Crippen MR) is 231 cm³/mol. The molecule has 304 valence electrons. The first-order valence-corrected chi connectivity index (χ1v) is 22.2. The van der Waals surface area contributed by atoms with Gasteiger partial charge in [-0.15, -0.1) is 11.8 Å². The molecule has 0 unspecified atom stereocenters. The number of hydroxylamine groups is 2. The highest BCUT2D eigenvalue weighted by atomic mass is 32.2. The fourth-order valence-electron chi connectivity index (χ4n) is 7.54. The lowest BCUT2D eigenvalue weighted by atomic mass is 9.84. The zero-order valence-corrected chi connectivity index (χ0v) is 35.3. The van der Waals surface area contributed by atoms with Gasteiger partial charge in [0, 0.05) is 25.0 Å². The highest BCUT2D eigenvalue weighted by Crippen LogP contribution is 2.48. The number of quaternary nitrogens is 1. The first kappa shape index (κ1) is 43.8. The molecule has 1 fully saturated rings. The minimum absolute atomic E-state index is 0.0957. The summed E-state index contributed by atoms with van der Waals surface area (Å²) < 4.78 is 5.66. The highest BCUT2D eigenvalue weighted by Gasteiger charge is 2.42. The van der Waals surface area contributed by atoms with Gasteiger partial charge in [0.15, 0.2) is 6.04 Å². The molecule has 11 heteroatoms. The van der Waals surface area contributed by atoms with Gasteiger partial charge in [-0.05, 0) is 67.9 Å². The first-order chi connectivity index (χ1) is 27.4. The third-order valence-corrected chi connectivity index (χ3v) is 12.6. The number of carbonyl (C=O) groups excluding carboxylic acids is 2. The van der Waals surface area contributed by atoms with E-state index in [-0.39, 0.29) is 31.5 Å². The Morgan fingerprint density at radius 2 is 1.32 bits per heavy atom. The van der Waals surface area contributed by atoms with Gasteiger partial charge in [-0.1, -0.05) is 121 Å². The number of ether oxygens (including phenoxy) is 1. The summed E-state index contributed by atoms with van der Waals surface area (Å²) in [7, 11) is 0. The molecular formula is C46H58N3O6S2+. The summed E-state index contributed by atoms with van der Waals surface area (Å²) in [6.07, 6.45) is 4.14. The number of carboxylic acids is 1. The predicted octanol–water partition coefficient (Wildman–Crippen LogP) is 8.77. The summed E-state index contributed by atoms with van der Waals surface area (Å²) in [4.78, 5) is 46.6. The summed E-state index contributed by atoms with van der Waals surface area (Å²) in [5, 5.41) is 14.7. The van der Waals surface area contributed by atoms with Crippen molar-refractivity contribution in [2.45, 2.75) is 75.3 Å². The molecule has 0 spiro atoms. The van der Waals surface area contributed by atoms with Crippen molar-refractivity contribution in [3.8, 4) is 0 Å². The van der Waals surface area contributed by atoms with Crippen molar-refractivity contribution in [3.05, 3.63) is 144 Å². The van der Waals surface area contributed by atoms with Gasteiger partial charge in [-0.25, -0.2) is 19.5 Å². The number of aryl methyl sites for hydroxylation is 1. The number of aliphatic carboxylic acids is 1. The molecule has 0 aromatic heterocycles. The molecule has 2 atom stereocenters. The third kappa shape index (κ3) is 12.4. The monoisotopic (exact) mass is 812 g/mol. The maximum Gasteiger partial charge on any atom is 0.408 e. The fourth-order valence-corrected chi connectivity index (χ4v) is 9.55. The Kier molecular flexibility index (Phi) is 16.1. The van der Waals surface area contributed by atoms with Gasteiger partial charge in [0.2, 0.25) is 12.6 Å². The SMILES string of the molecule is CSCC[C@@H](C(=O)O)N(OC[N+]1(C[C@@H](CSC(c2ccccc2)(c2ccccc2)c2ccccc2)NC(=O)OC(C)(C)C)CCCC1)C(=O)CCc1ccccc1. The molecule has 4 aromatic rings. The molecular weight excluding hydrogens is 755 g/mol. The van der Waals surface area contributed by atoms with Crippen molar-refractivity contribution in [1.82, 2.24) is 10.4 Å². The van der Waals surface area contributed by atoms with Crippen molar-refractivity contribution < 1.29 is 33.5 Å². The minimum atomic E-state index is -1.13. The number of rotatable bonds is 20. The molecule has 1 aliphatic heterocycles. The second kappa shape index (κ2) is 20.9. The van der Waals surface area contributed by atoms with Crippen molar-refractivity contribution >= 4 is 41.5 Å². The van der Waals surface area contributed by atoms with E-state index in [1.54, 1.807) is 11.8 Å². The Balaban J connectivity index is 1.47. The maximum atomic E-state index is 13.9. The molecule has 57 heavy (non-hydrogen) atoms. The van der Waals surface area contributed by atoms with Crippen molar-refractivity contribution in [1.29, 1.82) is 0 Å². The Morgan fingerprint density at radius 3 is 1.79 bits per heavy atom. The third-order valence-electron chi connectivity index (χ3n) is 10.2. The quantitative estimate of drug-likeness (QED) is 0.0519. The fraction of sp³-hybridized carbons (Fsp3) is 0.413. The molecule has 0 aliphatic carbocycles. The van der Waals surface area contributed by atoms with Crippen molar-refractivity contribution in [2.75, 3.05) is 44.1 Å². The van der Waals surface area contributed by atoms with Crippen LogP contribution in [0, 0.1) is 0 Å². The zero-order chi connectivity index (χ0) is 40.7. The van der Waals surface area contributed by atoms with E-state index in [4.69, 9.17) is 9.57 Å². The van der Waals surface area contributed by atoms with Crippen LogP contribution in [0.2, 0.25) is 0 Å². The maximum absolute atomic E-state index is 13.9. The average molecular weight is 813 g/mol. The summed E-state index contributed by atoms with van der Waals surface area (Å²) in [6.45, 7) is 7.66. The van der Waals surface area contributed by atoms with Crippen LogP contribution in [0.1, 0.15) is 68.7 Å². The van der Waals surface area contributed by atoms with Gasteiger partial charge in [0.05, 0.1) is 23.9 Å². The van der Waals surface area contributed by atoms with Crippen LogP contribution in [-0.2, 0) is 30.3 Å². The van der Waals surface area contributed by atoms with Crippen molar-refractivity contribution in [3.63, 3.8) is 0 Å². The number of carboxylic acid groups (broad SMARTS) is 1. The first-order valence-electron chi connectivity index (χ1n) is 19.8. The molecule has 1 saturated heterocycles. The Bertz CT molecular complexity index is 1740. The van der Waals surface area contributed by atoms with E-state index in [1.807, 2.05) is 75.6 Å². The Labute approximate surface area is 347 Å². The lowest BCUT2D eigenvalue weighted by Crippen LogP contribution is -2.58. The van der Waals surface area contributed by atoms with E-state index in [9.17, 15) is 19.5 Å². The van der Waals surface area contributed by atoms with Crippen LogP contribution >= 0.6 is 23.5 Å². The molecule has 0 saturated carbocycles. The second-order valence-corrected chi connectivity index (χ2v) is 17.9. The molecule has 5 rings (SSSR count). The highest BCUT2D eigenvalue weighted by molar-refractivity contribution is 8.00. The van der Waals surface area contributed by atoms with E-state index in [0.717, 1.165) is 53.2 Å². The van der Waals surface area contributed by atoms with Gasteiger partial charge in [-0.2, -0.15) is 11.8 Å². The molecule has 2 amide bonds. The molecule has 0 bridgehead atoms. The Morgan fingerprint density at radius 1 is 0.807 bits per heavy atom. The lowest BCUT2D eigenvalue weighted by molar-refractivity contribution is -0.939. The van der Waals surface area contributed by atoms with Gasteiger partial charge in [0.25, 0.3) is 0 Å². The number of alkyl carbamates (subject to hydrolysis) is 1. The summed E-state index contributed by atoms with van der Waals surface area (Å²) in [5.74, 6) is -0.371. The van der Waals surface area contributed by atoms with E-state index >= 15 is 0 Å². The molecule has 4 aromatic carbocycles.